The molecule has 6 aromatic carbocycles. The lowest BCUT2D eigenvalue weighted by molar-refractivity contribution is 0.466. The minimum Gasteiger partial charge on any atom is -0.334 e. The Kier molecular flexibility index (Phi) is 9.35. The third kappa shape index (κ3) is 6.41. The van der Waals surface area contributed by atoms with E-state index >= 15 is 0 Å². The van der Waals surface area contributed by atoms with Gasteiger partial charge in [0.25, 0.3) is 0 Å². The Morgan fingerprint density at radius 3 is 2.13 bits per heavy atom. The van der Waals surface area contributed by atoms with Gasteiger partial charge in [0.05, 0.1) is 11.7 Å². The third-order valence-electron chi connectivity index (χ3n) is 11.9. The van der Waals surface area contributed by atoms with Crippen molar-refractivity contribution in [3.05, 3.63) is 191 Å². The number of fused-ring (bicyclic) bond motifs is 5. The average Bonchev–Trinajstić information content (AvgIpc) is 3.24. The van der Waals surface area contributed by atoms with E-state index in [2.05, 4.69) is 194 Å². The molecule has 3 aliphatic carbocycles. The third-order valence-corrected chi connectivity index (χ3v) is 11.9. The number of hydrogen-bond acceptors (Lipinski definition) is 2. The molecule has 0 aliphatic heterocycles. The molecule has 1 saturated carbocycles. The minimum atomic E-state index is 0.268. The summed E-state index contributed by atoms with van der Waals surface area (Å²) in [7, 11) is 0. The van der Waals surface area contributed by atoms with Gasteiger partial charge in [-0.3, -0.25) is 0 Å². The first kappa shape index (κ1) is 33.9. The molecule has 0 bridgehead atoms. The van der Waals surface area contributed by atoms with Gasteiger partial charge < -0.3 is 9.80 Å². The highest BCUT2D eigenvalue weighted by atomic mass is 15.2. The Hall–Kier alpha value is -5.86. The summed E-state index contributed by atoms with van der Waals surface area (Å²) >= 11 is 0. The number of nitrogens with zero attached hydrogens (tertiary/aromatic N) is 2. The molecule has 2 unspecified atom stereocenters. The van der Waals surface area contributed by atoms with Gasteiger partial charge in [-0.1, -0.05) is 133 Å². The van der Waals surface area contributed by atoms with Gasteiger partial charge in [0.2, 0.25) is 0 Å². The van der Waals surface area contributed by atoms with Crippen LogP contribution in [0.3, 0.4) is 0 Å². The second-order valence-electron chi connectivity index (χ2n) is 15.2. The molecular formula is C52H48N2. The Bertz CT molecular complexity index is 2520. The summed E-state index contributed by atoms with van der Waals surface area (Å²) in [5.41, 5.74) is 12.9. The van der Waals surface area contributed by atoms with Crippen LogP contribution in [0, 0.1) is 5.92 Å². The number of para-hydroxylation sites is 2. The van der Waals surface area contributed by atoms with Crippen LogP contribution in [0.2, 0.25) is 0 Å². The van der Waals surface area contributed by atoms with Crippen LogP contribution in [0.25, 0.3) is 34.1 Å². The van der Waals surface area contributed by atoms with Gasteiger partial charge in [0.15, 0.2) is 0 Å². The van der Waals surface area contributed by atoms with E-state index in [-0.39, 0.29) is 6.04 Å². The lowest BCUT2D eigenvalue weighted by atomic mass is 9.75. The van der Waals surface area contributed by atoms with Crippen LogP contribution in [-0.2, 0) is 6.42 Å². The predicted octanol–water partition coefficient (Wildman–Crippen LogP) is 12.3. The highest BCUT2D eigenvalue weighted by Gasteiger charge is 2.34. The lowest BCUT2D eigenvalue weighted by Crippen LogP contribution is -2.46. The van der Waals surface area contributed by atoms with Crippen molar-refractivity contribution >= 4 is 56.8 Å². The van der Waals surface area contributed by atoms with Crippen molar-refractivity contribution in [3.8, 4) is 0 Å². The molecule has 0 radical (unpaired) electrons. The van der Waals surface area contributed by atoms with Gasteiger partial charge >= 0.3 is 0 Å². The maximum atomic E-state index is 2.59. The largest absolute Gasteiger partial charge is 0.334 e. The molecule has 0 N–H and O–H groups in total. The molecule has 2 nitrogen and oxygen atoms in total. The summed E-state index contributed by atoms with van der Waals surface area (Å²) in [5, 5.41) is 5.48. The van der Waals surface area contributed by atoms with E-state index in [9.17, 15) is 0 Å². The maximum absolute atomic E-state index is 2.59. The topological polar surface area (TPSA) is 6.48 Å². The van der Waals surface area contributed by atoms with Crippen molar-refractivity contribution in [2.45, 2.75) is 58.4 Å². The van der Waals surface area contributed by atoms with Crippen LogP contribution in [-0.4, -0.2) is 6.04 Å². The quantitative estimate of drug-likeness (QED) is 0.146. The van der Waals surface area contributed by atoms with Crippen molar-refractivity contribution < 1.29 is 0 Å². The fourth-order valence-electron chi connectivity index (χ4n) is 9.22. The Labute approximate surface area is 320 Å². The zero-order valence-corrected chi connectivity index (χ0v) is 31.5. The normalized spacial score (nSPS) is 18.0. The van der Waals surface area contributed by atoms with E-state index in [1.165, 1.54) is 91.9 Å². The molecule has 0 saturated heterocycles. The number of hydrogen-bond donors (Lipinski definition) is 0. The summed E-state index contributed by atoms with van der Waals surface area (Å²) < 4.78 is 0. The first-order valence-electron chi connectivity index (χ1n) is 19.8. The zero-order valence-electron chi connectivity index (χ0n) is 31.5. The highest BCUT2D eigenvalue weighted by molar-refractivity contribution is 6.01. The van der Waals surface area contributed by atoms with Gasteiger partial charge in [0.1, 0.15) is 0 Å². The average molecular weight is 701 g/mol. The smallest absolute Gasteiger partial charge is 0.0596 e. The van der Waals surface area contributed by atoms with Crippen LogP contribution in [0.1, 0.15) is 62.6 Å². The van der Waals surface area contributed by atoms with Gasteiger partial charge in [-0.15, -0.1) is 0 Å². The summed E-state index contributed by atoms with van der Waals surface area (Å²) in [4.78, 5) is 5.01. The Morgan fingerprint density at radius 1 is 0.648 bits per heavy atom. The molecule has 2 heteroatoms. The van der Waals surface area contributed by atoms with Crippen molar-refractivity contribution in [2.24, 2.45) is 5.92 Å². The van der Waals surface area contributed by atoms with Crippen LogP contribution < -0.4 is 20.2 Å². The molecule has 0 amide bonds. The van der Waals surface area contributed by atoms with E-state index in [1.807, 2.05) is 0 Å². The molecule has 54 heavy (non-hydrogen) atoms. The number of benzene rings is 6. The Balaban J connectivity index is 1.07. The van der Waals surface area contributed by atoms with Crippen molar-refractivity contribution in [2.75, 3.05) is 9.80 Å². The van der Waals surface area contributed by atoms with Crippen LogP contribution in [0.4, 0.5) is 22.7 Å². The Morgan fingerprint density at radius 2 is 1.33 bits per heavy atom. The van der Waals surface area contributed by atoms with Crippen LogP contribution >= 0.6 is 0 Å². The SMILES string of the molecule is C/C(=C\C=C(/C)N(c1ccccc1)c1cc2c(c3ccccc13)CCC=C2)c1ccc(N(c2ccccc2)C2C=c3ccccc3=C3CCCCC32)cc1. The first-order chi connectivity index (χ1) is 26.6. The number of aryl methyl sites for hydroxylation is 1. The second kappa shape index (κ2) is 14.9. The molecule has 9 rings (SSSR count). The molecule has 0 heterocycles. The molecule has 266 valence electrons. The van der Waals surface area contributed by atoms with Gasteiger partial charge in [0, 0.05) is 34.1 Å². The minimum absolute atomic E-state index is 0.268. The predicted molar refractivity (Wildman–Crippen MR) is 232 cm³/mol. The van der Waals surface area contributed by atoms with Crippen molar-refractivity contribution in [3.63, 3.8) is 0 Å². The molecule has 3 aliphatic rings. The molecular weight excluding hydrogens is 653 g/mol. The van der Waals surface area contributed by atoms with Crippen LogP contribution in [0.5, 0.6) is 0 Å². The summed E-state index contributed by atoms with van der Waals surface area (Å²) in [6, 6.07) is 51.7. The zero-order chi connectivity index (χ0) is 36.4. The summed E-state index contributed by atoms with van der Waals surface area (Å²) in [6.45, 7) is 4.46. The lowest BCUT2D eigenvalue weighted by Gasteiger charge is -2.41. The van der Waals surface area contributed by atoms with Gasteiger partial charge in [-0.05, 0) is 133 Å². The fourth-order valence-corrected chi connectivity index (χ4v) is 9.22. The number of anilines is 4. The number of allylic oxidation sites excluding steroid dienone is 5. The van der Waals surface area contributed by atoms with E-state index in [1.54, 1.807) is 5.57 Å². The monoisotopic (exact) mass is 700 g/mol. The number of rotatable bonds is 8. The van der Waals surface area contributed by atoms with Gasteiger partial charge in [-0.2, -0.15) is 0 Å². The van der Waals surface area contributed by atoms with E-state index in [4.69, 9.17) is 0 Å². The summed E-state index contributed by atoms with van der Waals surface area (Å²) in [6.07, 6.45) is 18.9. The molecule has 2 atom stereocenters. The van der Waals surface area contributed by atoms with E-state index in [0.29, 0.717) is 5.92 Å². The van der Waals surface area contributed by atoms with Crippen LogP contribution in [0.15, 0.2) is 163 Å². The molecule has 0 spiro atoms. The molecule has 6 aromatic rings. The van der Waals surface area contributed by atoms with E-state index < -0.39 is 0 Å². The highest BCUT2D eigenvalue weighted by Crippen LogP contribution is 2.42. The van der Waals surface area contributed by atoms with E-state index in [0.717, 1.165) is 18.5 Å². The molecule has 1 fully saturated rings. The summed E-state index contributed by atoms with van der Waals surface area (Å²) in [5.74, 6) is 0.513. The second-order valence-corrected chi connectivity index (χ2v) is 15.2. The fraction of sp³-hybridized carbons (Fsp3) is 0.192. The molecule has 0 aromatic heterocycles. The van der Waals surface area contributed by atoms with Crippen molar-refractivity contribution in [1.29, 1.82) is 0 Å². The van der Waals surface area contributed by atoms with Gasteiger partial charge in [-0.25, -0.2) is 0 Å². The standard InChI is InChI=1S/C52H48N2/c1-37(29-30-38(2)53(42-19-5-3-6-20-42)51-35-40-17-9-11-23-45(40)47-25-13-15-27-49(47)51)39-31-33-44(34-32-39)54(43-21-7-4-8-22-43)52-36-41-18-10-12-24-46(41)48-26-14-16-28-50(48)52/h3-10,12-13,15,17-22,24-25,27,29-36,50,52H,11,14,16,23,26,28H2,1-2H3/b37-29+,38-30+. The first-order valence-corrected chi connectivity index (χ1v) is 19.8. The van der Waals surface area contributed by atoms with Crippen molar-refractivity contribution in [1.82, 2.24) is 0 Å². The maximum Gasteiger partial charge on any atom is 0.0596 e.